The van der Waals surface area contributed by atoms with Gasteiger partial charge in [-0.1, -0.05) is 12.1 Å². The summed E-state index contributed by atoms with van der Waals surface area (Å²) in [4.78, 5) is 10.4. The molecule has 4 heteroatoms. The minimum absolute atomic E-state index is 0.186. The van der Waals surface area contributed by atoms with E-state index in [2.05, 4.69) is 14.9 Å². The maximum atomic E-state index is 13.7. The van der Waals surface area contributed by atoms with Crippen LogP contribution in [0.2, 0.25) is 0 Å². The third-order valence-corrected chi connectivity index (χ3v) is 4.30. The molecule has 0 radical (unpaired) electrons. The maximum Gasteiger partial charge on any atom is 0.138 e. The van der Waals surface area contributed by atoms with E-state index in [9.17, 15) is 4.39 Å². The Labute approximate surface area is 128 Å². The van der Waals surface area contributed by atoms with E-state index < -0.39 is 0 Å². The van der Waals surface area contributed by atoms with E-state index >= 15 is 0 Å². The summed E-state index contributed by atoms with van der Waals surface area (Å²) < 4.78 is 13.7. The van der Waals surface area contributed by atoms with Crippen LogP contribution < -0.4 is 0 Å². The Balaban J connectivity index is 1.76. The number of aromatic amines is 1. The van der Waals surface area contributed by atoms with Gasteiger partial charge in [0.15, 0.2) is 0 Å². The maximum absolute atomic E-state index is 13.7. The van der Waals surface area contributed by atoms with Gasteiger partial charge in [-0.05, 0) is 61.8 Å². The first-order valence-electron chi connectivity index (χ1n) is 7.75. The fourth-order valence-electron chi connectivity index (χ4n) is 3.19. The zero-order chi connectivity index (χ0) is 14.9. The molecule has 4 rings (SSSR count). The zero-order valence-electron chi connectivity index (χ0n) is 12.3. The number of halogens is 1. The Morgan fingerprint density at radius 1 is 1.09 bits per heavy atom. The number of imidazole rings is 1. The Hall–Kier alpha value is -2.20. The minimum Gasteiger partial charge on any atom is -0.338 e. The van der Waals surface area contributed by atoms with E-state index in [0.717, 1.165) is 47.6 Å². The fraction of sp³-hybridized carbons (Fsp3) is 0.278. The van der Waals surface area contributed by atoms with Gasteiger partial charge < -0.3 is 4.98 Å². The highest BCUT2D eigenvalue weighted by Crippen LogP contribution is 2.26. The van der Waals surface area contributed by atoms with Crippen molar-refractivity contribution in [1.29, 1.82) is 0 Å². The van der Waals surface area contributed by atoms with Crippen LogP contribution in [0.4, 0.5) is 4.39 Å². The van der Waals surface area contributed by atoms with E-state index in [0.29, 0.717) is 0 Å². The molecule has 2 heterocycles. The van der Waals surface area contributed by atoms with Crippen LogP contribution in [0.3, 0.4) is 0 Å². The molecule has 1 fully saturated rings. The molecular weight excluding hydrogens is 277 g/mol. The van der Waals surface area contributed by atoms with Crippen LogP contribution in [0.1, 0.15) is 18.4 Å². The summed E-state index contributed by atoms with van der Waals surface area (Å²) in [5.41, 5.74) is 3.94. The third kappa shape index (κ3) is 2.50. The molecule has 1 N–H and O–H groups in total. The molecule has 112 valence electrons. The van der Waals surface area contributed by atoms with Crippen molar-refractivity contribution in [3.63, 3.8) is 0 Å². The van der Waals surface area contributed by atoms with Crippen molar-refractivity contribution in [2.24, 2.45) is 0 Å². The van der Waals surface area contributed by atoms with Crippen LogP contribution in [-0.4, -0.2) is 28.0 Å². The zero-order valence-corrected chi connectivity index (χ0v) is 12.3. The van der Waals surface area contributed by atoms with Gasteiger partial charge in [-0.25, -0.2) is 9.37 Å². The molecule has 0 saturated carbocycles. The molecule has 0 unspecified atom stereocenters. The standard InChI is InChI=1S/C18H18FN3/c19-14-7-8-15(13(11-14)12-22-9-3-4-10-22)18-20-16-5-1-2-6-17(16)21-18/h1-2,5-8,11H,3-4,9-10,12H2,(H,20,21). The Kier molecular flexibility index (Phi) is 3.39. The number of aromatic nitrogens is 2. The molecule has 0 bridgehead atoms. The molecule has 22 heavy (non-hydrogen) atoms. The summed E-state index contributed by atoms with van der Waals surface area (Å²) in [6.07, 6.45) is 2.46. The molecule has 1 aliphatic rings. The van der Waals surface area contributed by atoms with Crippen LogP contribution in [0, 0.1) is 5.82 Å². The highest BCUT2D eigenvalue weighted by atomic mass is 19.1. The van der Waals surface area contributed by atoms with Gasteiger partial charge in [0, 0.05) is 12.1 Å². The van der Waals surface area contributed by atoms with E-state index in [1.165, 1.54) is 18.9 Å². The van der Waals surface area contributed by atoms with Gasteiger partial charge in [-0.3, -0.25) is 4.90 Å². The molecule has 1 saturated heterocycles. The molecule has 0 aliphatic carbocycles. The molecule has 1 aliphatic heterocycles. The molecule has 3 nitrogen and oxygen atoms in total. The molecule has 1 aromatic heterocycles. The molecule has 2 aromatic carbocycles. The number of hydrogen-bond donors (Lipinski definition) is 1. The third-order valence-electron chi connectivity index (χ3n) is 4.30. The second-order valence-electron chi connectivity index (χ2n) is 5.89. The Morgan fingerprint density at radius 3 is 2.73 bits per heavy atom. The van der Waals surface area contributed by atoms with Gasteiger partial charge in [-0.2, -0.15) is 0 Å². The van der Waals surface area contributed by atoms with Crippen molar-refractivity contribution >= 4 is 11.0 Å². The first-order valence-corrected chi connectivity index (χ1v) is 7.75. The van der Waals surface area contributed by atoms with Gasteiger partial charge in [0.2, 0.25) is 0 Å². The molecule has 0 amide bonds. The summed E-state index contributed by atoms with van der Waals surface area (Å²) in [5.74, 6) is 0.629. The largest absolute Gasteiger partial charge is 0.338 e. The number of rotatable bonds is 3. The van der Waals surface area contributed by atoms with Gasteiger partial charge >= 0.3 is 0 Å². The number of hydrogen-bond acceptors (Lipinski definition) is 2. The smallest absolute Gasteiger partial charge is 0.138 e. The second-order valence-corrected chi connectivity index (χ2v) is 5.89. The van der Waals surface area contributed by atoms with Crippen LogP contribution in [0.15, 0.2) is 42.5 Å². The first kappa shape index (κ1) is 13.5. The predicted octanol–water partition coefficient (Wildman–Crippen LogP) is 3.96. The number of nitrogens with zero attached hydrogens (tertiary/aromatic N) is 2. The number of fused-ring (bicyclic) bond motifs is 1. The van der Waals surface area contributed by atoms with Crippen molar-refractivity contribution in [3.8, 4) is 11.4 Å². The van der Waals surface area contributed by atoms with Crippen molar-refractivity contribution in [2.45, 2.75) is 19.4 Å². The average molecular weight is 295 g/mol. The number of likely N-dealkylation sites (tertiary alicyclic amines) is 1. The van der Waals surface area contributed by atoms with Crippen molar-refractivity contribution in [3.05, 3.63) is 53.8 Å². The number of nitrogens with one attached hydrogen (secondary N) is 1. The lowest BCUT2D eigenvalue weighted by molar-refractivity contribution is 0.331. The normalized spacial score (nSPS) is 15.7. The summed E-state index contributed by atoms with van der Waals surface area (Å²) in [6, 6.07) is 12.9. The lowest BCUT2D eigenvalue weighted by Gasteiger charge is -2.16. The van der Waals surface area contributed by atoms with Crippen LogP contribution >= 0.6 is 0 Å². The Bertz CT molecular complexity index is 770. The molecule has 3 aromatic rings. The summed E-state index contributed by atoms with van der Waals surface area (Å²) in [6.45, 7) is 2.97. The topological polar surface area (TPSA) is 31.9 Å². The van der Waals surface area contributed by atoms with Crippen LogP contribution in [-0.2, 0) is 6.54 Å². The lowest BCUT2D eigenvalue weighted by Crippen LogP contribution is -2.19. The predicted molar refractivity (Wildman–Crippen MR) is 86.0 cm³/mol. The summed E-state index contributed by atoms with van der Waals surface area (Å²) >= 11 is 0. The van der Waals surface area contributed by atoms with Crippen molar-refractivity contribution in [2.75, 3.05) is 13.1 Å². The van der Waals surface area contributed by atoms with Gasteiger partial charge in [0.05, 0.1) is 11.0 Å². The SMILES string of the molecule is Fc1ccc(-c2nc3ccccc3[nH]2)c(CN2CCCC2)c1. The monoisotopic (exact) mass is 295 g/mol. The quantitative estimate of drug-likeness (QED) is 0.793. The number of H-pyrrole nitrogens is 1. The highest BCUT2D eigenvalue weighted by Gasteiger charge is 2.16. The van der Waals surface area contributed by atoms with Crippen molar-refractivity contribution < 1.29 is 4.39 Å². The summed E-state index contributed by atoms with van der Waals surface area (Å²) in [5, 5.41) is 0. The average Bonchev–Trinajstić information content (AvgIpc) is 3.16. The fourth-order valence-corrected chi connectivity index (χ4v) is 3.19. The van der Waals surface area contributed by atoms with Crippen molar-refractivity contribution in [1.82, 2.24) is 14.9 Å². The lowest BCUT2D eigenvalue weighted by atomic mass is 10.1. The molecular formula is C18H18FN3. The molecule has 0 spiro atoms. The Morgan fingerprint density at radius 2 is 1.91 bits per heavy atom. The van der Waals surface area contributed by atoms with Gasteiger partial charge in [-0.15, -0.1) is 0 Å². The van der Waals surface area contributed by atoms with Gasteiger partial charge in [0.25, 0.3) is 0 Å². The second kappa shape index (κ2) is 5.54. The molecule has 0 atom stereocenters. The van der Waals surface area contributed by atoms with E-state index in [1.807, 2.05) is 30.3 Å². The van der Waals surface area contributed by atoms with E-state index in [4.69, 9.17) is 0 Å². The van der Waals surface area contributed by atoms with E-state index in [1.54, 1.807) is 6.07 Å². The van der Waals surface area contributed by atoms with Crippen LogP contribution in [0.5, 0.6) is 0 Å². The highest BCUT2D eigenvalue weighted by molar-refractivity contribution is 5.79. The number of para-hydroxylation sites is 2. The van der Waals surface area contributed by atoms with Crippen LogP contribution in [0.25, 0.3) is 22.4 Å². The van der Waals surface area contributed by atoms with E-state index in [-0.39, 0.29) is 5.82 Å². The number of benzene rings is 2. The summed E-state index contributed by atoms with van der Waals surface area (Å²) in [7, 11) is 0. The van der Waals surface area contributed by atoms with Gasteiger partial charge in [0.1, 0.15) is 11.6 Å². The first-order chi connectivity index (χ1) is 10.8. The minimum atomic E-state index is -0.186.